The van der Waals surface area contributed by atoms with E-state index in [0.717, 1.165) is 35.3 Å². The molecule has 0 unspecified atom stereocenters. The summed E-state index contributed by atoms with van der Waals surface area (Å²) >= 11 is 0. The summed E-state index contributed by atoms with van der Waals surface area (Å²) in [5.74, 6) is 0.372. The number of ether oxygens (including phenoxy) is 5. The first-order valence-corrected chi connectivity index (χ1v) is 16.1. The van der Waals surface area contributed by atoms with E-state index >= 15 is 0 Å². The monoisotopic (exact) mass is 670 g/mol. The van der Waals surface area contributed by atoms with Gasteiger partial charge in [0.25, 0.3) is 5.91 Å². The number of amides is 2. The maximum atomic E-state index is 13.0. The zero-order chi connectivity index (χ0) is 34.9. The number of Topliss-reactive ketones (excluding diaryl/α,β-unsaturated/α-hetero) is 1. The molecule has 2 amide bonds. The Morgan fingerprint density at radius 1 is 0.816 bits per heavy atom. The number of nitrogens with one attached hydrogen (secondary N) is 1. The Morgan fingerprint density at radius 3 is 2.02 bits per heavy atom. The van der Waals surface area contributed by atoms with Crippen LogP contribution in [0.4, 0.5) is 10.5 Å². The molecule has 0 saturated heterocycles. The van der Waals surface area contributed by atoms with E-state index in [1.165, 1.54) is 14.2 Å². The van der Waals surface area contributed by atoms with Crippen LogP contribution in [0.15, 0.2) is 54.6 Å². The van der Waals surface area contributed by atoms with Gasteiger partial charge in [-0.25, -0.2) is 14.4 Å². The van der Waals surface area contributed by atoms with E-state index in [1.54, 1.807) is 30.0 Å². The van der Waals surface area contributed by atoms with Gasteiger partial charge in [0.05, 0.1) is 31.0 Å². The molecule has 2 heterocycles. The fourth-order valence-electron chi connectivity index (χ4n) is 5.98. The first-order valence-electron chi connectivity index (χ1n) is 16.1. The van der Waals surface area contributed by atoms with Gasteiger partial charge in [0.1, 0.15) is 18.1 Å². The van der Waals surface area contributed by atoms with E-state index in [2.05, 4.69) is 5.32 Å². The van der Waals surface area contributed by atoms with Crippen molar-refractivity contribution in [3.05, 3.63) is 88.0 Å². The summed E-state index contributed by atoms with van der Waals surface area (Å²) < 4.78 is 26.5. The van der Waals surface area contributed by atoms with Crippen molar-refractivity contribution in [2.75, 3.05) is 32.2 Å². The smallest absolute Gasteiger partial charge is 0.407 e. The lowest BCUT2D eigenvalue weighted by molar-refractivity contribution is -0.128. The van der Waals surface area contributed by atoms with Gasteiger partial charge >= 0.3 is 18.0 Å². The molecular formula is C37H38N2O10. The molecule has 2 fully saturated rings. The molecule has 4 aliphatic rings. The summed E-state index contributed by atoms with van der Waals surface area (Å²) in [4.78, 5) is 62.3. The maximum Gasteiger partial charge on any atom is 0.407 e. The number of hydrogen-bond donors (Lipinski definition) is 1. The molecule has 49 heavy (non-hydrogen) atoms. The average Bonchev–Trinajstić information content (AvgIpc) is 4.04. The number of anilines is 1. The molecule has 0 bridgehead atoms. The van der Waals surface area contributed by atoms with E-state index in [9.17, 15) is 24.0 Å². The van der Waals surface area contributed by atoms with Crippen LogP contribution in [0.5, 0.6) is 11.5 Å². The lowest BCUT2D eigenvalue weighted by atomic mass is 9.95. The Labute approximate surface area is 283 Å². The maximum absolute atomic E-state index is 13.0. The molecule has 256 valence electrons. The Balaban J connectivity index is 0.000000195. The number of methoxy groups -OCH3 is 2. The highest BCUT2D eigenvalue weighted by atomic mass is 16.6. The second-order valence-electron chi connectivity index (χ2n) is 12.6. The summed E-state index contributed by atoms with van der Waals surface area (Å²) in [6.45, 7) is 4.21. The van der Waals surface area contributed by atoms with Gasteiger partial charge in [-0.05, 0) is 67.6 Å². The molecular weight excluding hydrogens is 632 g/mol. The van der Waals surface area contributed by atoms with Crippen molar-refractivity contribution in [1.29, 1.82) is 0 Å². The van der Waals surface area contributed by atoms with Crippen molar-refractivity contribution < 1.29 is 47.7 Å². The second-order valence-corrected chi connectivity index (χ2v) is 12.6. The largest absolute Gasteiger partial charge is 0.479 e. The predicted octanol–water partition coefficient (Wildman–Crippen LogP) is 4.78. The van der Waals surface area contributed by atoms with Gasteiger partial charge in [0, 0.05) is 37.9 Å². The van der Waals surface area contributed by atoms with Crippen molar-refractivity contribution >= 4 is 35.4 Å². The molecule has 2 aliphatic carbocycles. The molecule has 3 aromatic rings. The zero-order valence-electron chi connectivity index (χ0n) is 27.9. The van der Waals surface area contributed by atoms with E-state index in [0.29, 0.717) is 47.4 Å². The first kappa shape index (κ1) is 33.5. The quantitative estimate of drug-likeness (QED) is 0.275. The number of ketones is 1. The van der Waals surface area contributed by atoms with Crippen LogP contribution in [0.25, 0.3) is 0 Å². The number of benzene rings is 3. The van der Waals surface area contributed by atoms with Crippen LogP contribution in [0.1, 0.15) is 68.7 Å². The van der Waals surface area contributed by atoms with Gasteiger partial charge in [0.15, 0.2) is 17.0 Å². The van der Waals surface area contributed by atoms with Crippen LogP contribution in [0.3, 0.4) is 0 Å². The van der Waals surface area contributed by atoms with Crippen molar-refractivity contribution in [3.63, 3.8) is 0 Å². The Morgan fingerprint density at radius 2 is 1.41 bits per heavy atom. The Kier molecular flexibility index (Phi) is 9.06. The number of rotatable bonds is 7. The van der Waals surface area contributed by atoms with Gasteiger partial charge in [-0.15, -0.1) is 0 Å². The first-order chi connectivity index (χ1) is 23.5. The molecule has 0 radical (unpaired) electrons. The van der Waals surface area contributed by atoms with Crippen molar-refractivity contribution in [1.82, 2.24) is 5.32 Å². The van der Waals surface area contributed by atoms with E-state index < -0.39 is 23.3 Å². The van der Waals surface area contributed by atoms with Crippen LogP contribution in [0, 0.1) is 13.8 Å². The molecule has 12 nitrogen and oxygen atoms in total. The van der Waals surface area contributed by atoms with E-state index in [4.69, 9.17) is 23.7 Å². The summed E-state index contributed by atoms with van der Waals surface area (Å²) in [5, 5.41) is 2.67. The molecule has 7 rings (SSSR count). The molecule has 2 aliphatic heterocycles. The van der Waals surface area contributed by atoms with Crippen molar-refractivity contribution in [2.45, 2.75) is 63.8 Å². The minimum Gasteiger partial charge on any atom is -0.479 e. The van der Waals surface area contributed by atoms with Gasteiger partial charge < -0.3 is 33.9 Å². The number of carbonyl (C=O) groups excluding carboxylic acids is 5. The molecule has 12 heteroatoms. The Hall–Kier alpha value is -5.39. The molecule has 2 spiro atoms. The van der Waals surface area contributed by atoms with Gasteiger partial charge in [0.2, 0.25) is 0 Å². The standard InChI is InChI=1S/C23H24N2O6.C14H14O4/c1-15-12-19-18(13-17(15)20(26)29-2)25(21(27)23(31-19)8-9-23)11-10-24-22(28)30-14-16-6-4-3-5-7-16;1-8-5-11-9(6-10(8)13(16)17-2)7-12(15)14(18-11)3-4-14/h3-7,12-13H,8-11,14H2,1-2H3,(H,24,28);5-6H,3-4,7H2,1-2H3. The highest BCUT2D eigenvalue weighted by molar-refractivity contribution is 6.06. The number of nitrogens with zero attached hydrogens (tertiary/aromatic N) is 1. The van der Waals surface area contributed by atoms with E-state index in [-0.39, 0.29) is 37.4 Å². The molecule has 2 saturated carbocycles. The van der Waals surface area contributed by atoms with Crippen molar-refractivity contribution in [2.24, 2.45) is 0 Å². The van der Waals surface area contributed by atoms with Gasteiger partial charge in [-0.3, -0.25) is 9.59 Å². The topological polar surface area (TPSA) is 147 Å². The van der Waals surface area contributed by atoms with Crippen LogP contribution in [0.2, 0.25) is 0 Å². The highest BCUT2D eigenvalue weighted by Gasteiger charge is 2.58. The van der Waals surface area contributed by atoms with Crippen molar-refractivity contribution in [3.8, 4) is 11.5 Å². The molecule has 0 aromatic heterocycles. The third-order valence-electron chi connectivity index (χ3n) is 9.15. The normalized spacial score (nSPS) is 16.9. The molecule has 0 atom stereocenters. The highest BCUT2D eigenvalue weighted by Crippen LogP contribution is 2.50. The third-order valence-corrected chi connectivity index (χ3v) is 9.15. The third kappa shape index (κ3) is 6.81. The summed E-state index contributed by atoms with van der Waals surface area (Å²) in [7, 11) is 2.66. The van der Waals surface area contributed by atoms with Crippen LogP contribution in [-0.4, -0.2) is 68.2 Å². The predicted molar refractivity (Wildman–Crippen MR) is 176 cm³/mol. The van der Waals surface area contributed by atoms with Crippen LogP contribution < -0.4 is 19.7 Å². The summed E-state index contributed by atoms with van der Waals surface area (Å²) in [6.07, 6.45) is 2.69. The van der Waals surface area contributed by atoms with Gasteiger partial charge in [-0.2, -0.15) is 0 Å². The fraction of sp³-hybridized carbons (Fsp3) is 0.378. The minimum absolute atomic E-state index is 0.120. The number of fused-ring (bicyclic) bond motifs is 2. The fourth-order valence-corrected chi connectivity index (χ4v) is 5.98. The van der Waals surface area contributed by atoms with Crippen LogP contribution >= 0.6 is 0 Å². The number of alkyl carbamates (subject to hydrolysis) is 1. The average molecular weight is 671 g/mol. The number of esters is 2. The SMILES string of the molecule is COC(=O)c1cc2c(cc1C)OC1(CC1)C(=O)C2.COC(=O)c1cc2c(cc1C)OC1(CC1)C(=O)N2CCNC(=O)OCc1ccccc1. The molecule has 1 N–H and O–H groups in total. The second kappa shape index (κ2) is 13.3. The Bertz CT molecular complexity index is 1830. The minimum atomic E-state index is -0.833. The van der Waals surface area contributed by atoms with Crippen LogP contribution in [-0.2, 0) is 36.8 Å². The van der Waals surface area contributed by atoms with Gasteiger partial charge in [-0.1, -0.05) is 30.3 Å². The number of hydrogen-bond acceptors (Lipinski definition) is 10. The molecule has 3 aromatic carbocycles. The number of carbonyl (C=O) groups is 5. The lowest BCUT2D eigenvalue weighted by Crippen LogP contribution is -2.50. The number of aryl methyl sites for hydroxylation is 2. The summed E-state index contributed by atoms with van der Waals surface area (Å²) in [5.41, 5.74) is 3.16. The lowest BCUT2D eigenvalue weighted by Gasteiger charge is -2.35. The zero-order valence-corrected chi connectivity index (χ0v) is 27.9. The summed E-state index contributed by atoms with van der Waals surface area (Å²) in [6, 6.07) is 16.3. The van der Waals surface area contributed by atoms with E-state index in [1.807, 2.05) is 43.3 Å².